The molecule has 162 valence electrons. The molecule has 0 unspecified atom stereocenters. The van der Waals surface area contributed by atoms with E-state index in [4.69, 9.17) is 4.74 Å². The smallest absolute Gasteiger partial charge is 0.255 e. The molecule has 0 aliphatic carbocycles. The third-order valence-electron chi connectivity index (χ3n) is 4.36. The maximum Gasteiger partial charge on any atom is 0.255 e. The summed E-state index contributed by atoms with van der Waals surface area (Å²) < 4.78 is 33.0. The molecule has 0 heterocycles. The molecular weight excluding hydrogens is 432 g/mol. The standard InChI is InChI=1S/C23H24N2O4S2/c1-3-15-24-31(27,28)22-16-17(13-14-20(22)29-2)23(26)25-19-11-7-8-12-21(19)30-18-9-5-4-6-10-18/h4-14,16,24H,3,15H2,1-2H3,(H,25,26). The maximum atomic E-state index is 12.9. The number of carbonyl (C=O) groups excluding carboxylic acids is 1. The molecule has 1 amide bonds. The molecule has 0 bridgehead atoms. The summed E-state index contributed by atoms with van der Waals surface area (Å²) in [5, 5.41) is 2.89. The van der Waals surface area contributed by atoms with Crippen molar-refractivity contribution in [1.82, 2.24) is 4.72 Å². The zero-order valence-electron chi connectivity index (χ0n) is 17.3. The van der Waals surface area contributed by atoms with Crippen molar-refractivity contribution in [3.63, 3.8) is 0 Å². The number of benzene rings is 3. The monoisotopic (exact) mass is 456 g/mol. The Balaban J connectivity index is 1.87. The third kappa shape index (κ3) is 5.88. The molecule has 8 heteroatoms. The average molecular weight is 457 g/mol. The first kappa shape index (κ1) is 22.9. The third-order valence-corrected chi connectivity index (χ3v) is 6.93. The van der Waals surface area contributed by atoms with Crippen LogP contribution in [0.3, 0.4) is 0 Å². The summed E-state index contributed by atoms with van der Waals surface area (Å²) in [6.07, 6.45) is 0.650. The highest BCUT2D eigenvalue weighted by Gasteiger charge is 2.21. The lowest BCUT2D eigenvalue weighted by Crippen LogP contribution is -2.25. The molecule has 6 nitrogen and oxygen atoms in total. The van der Waals surface area contributed by atoms with Crippen LogP contribution >= 0.6 is 11.8 Å². The first-order chi connectivity index (χ1) is 14.9. The van der Waals surface area contributed by atoms with Crippen LogP contribution in [0.1, 0.15) is 23.7 Å². The van der Waals surface area contributed by atoms with Crippen molar-refractivity contribution < 1.29 is 17.9 Å². The van der Waals surface area contributed by atoms with E-state index < -0.39 is 15.9 Å². The molecule has 0 aliphatic heterocycles. The second-order valence-electron chi connectivity index (χ2n) is 6.63. The van der Waals surface area contributed by atoms with Crippen LogP contribution in [0, 0.1) is 0 Å². The second-order valence-corrected chi connectivity index (χ2v) is 9.48. The van der Waals surface area contributed by atoms with Gasteiger partial charge in [0.05, 0.1) is 12.8 Å². The van der Waals surface area contributed by atoms with Gasteiger partial charge in [0.15, 0.2) is 0 Å². The van der Waals surface area contributed by atoms with Gasteiger partial charge in [0, 0.05) is 21.9 Å². The van der Waals surface area contributed by atoms with Gasteiger partial charge in [0.2, 0.25) is 10.0 Å². The Morgan fingerprint density at radius 3 is 2.42 bits per heavy atom. The molecule has 3 rings (SSSR count). The molecule has 0 fully saturated rings. The van der Waals surface area contributed by atoms with Crippen molar-refractivity contribution in [2.45, 2.75) is 28.0 Å². The van der Waals surface area contributed by atoms with E-state index in [9.17, 15) is 13.2 Å². The van der Waals surface area contributed by atoms with Crippen molar-refractivity contribution in [1.29, 1.82) is 0 Å². The molecule has 0 aromatic heterocycles. The van der Waals surface area contributed by atoms with Crippen molar-refractivity contribution in [3.8, 4) is 5.75 Å². The lowest BCUT2D eigenvalue weighted by atomic mass is 10.2. The van der Waals surface area contributed by atoms with Gasteiger partial charge in [-0.25, -0.2) is 13.1 Å². The molecule has 3 aromatic carbocycles. The number of nitrogens with one attached hydrogen (secondary N) is 2. The quantitative estimate of drug-likeness (QED) is 0.484. The van der Waals surface area contributed by atoms with Crippen molar-refractivity contribution >= 4 is 33.4 Å². The van der Waals surface area contributed by atoms with Gasteiger partial charge in [0.25, 0.3) is 5.91 Å². The van der Waals surface area contributed by atoms with E-state index in [-0.39, 0.29) is 16.2 Å². The highest BCUT2D eigenvalue weighted by Crippen LogP contribution is 2.33. The molecule has 31 heavy (non-hydrogen) atoms. The Hall–Kier alpha value is -2.81. The number of anilines is 1. The fraction of sp³-hybridized carbons (Fsp3) is 0.174. The van der Waals surface area contributed by atoms with Crippen LogP contribution in [-0.4, -0.2) is 28.0 Å². The van der Waals surface area contributed by atoms with Crippen LogP contribution in [0.15, 0.2) is 87.5 Å². The zero-order valence-corrected chi connectivity index (χ0v) is 18.9. The maximum absolute atomic E-state index is 12.9. The lowest BCUT2D eigenvalue weighted by molar-refractivity contribution is 0.102. The molecule has 0 spiro atoms. The van der Waals surface area contributed by atoms with E-state index >= 15 is 0 Å². The number of amides is 1. The van der Waals surface area contributed by atoms with Gasteiger partial charge in [-0.2, -0.15) is 0 Å². The van der Waals surface area contributed by atoms with Crippen molar-refractivity contribution in [2.24, 2.45) is 0 Å². The summed E-state index contributed by atoms with van der Waals surface area (Å²) in [6, 6.07) is 21.7. The molecule has 0 saturated carbocycles. The molecule has 2 N–H and O–H groups in total. The average Bonchev–Trinajstić information content (AvgIpc) is 2.79. The van der Waals surface area contributed by atoms with E-state index in [1.54, 1.807) is 6.07 Å². The Kier molecular flexibility index (Phi) is 7.73. The minimum Gasteiger partial charge on any atom is -0.495 e. The number of hydrogen-bond donors (Lipinski definition) is 2. The molecule has 0 saturated heterocycles. The van der Waals surface area contributed by atoms with Gasteiger partial charge in [-0.1, -0.05) is 49.0 Å². The number of para-hydroxylation sites is 1. The first-order valence-electron chi connectivity index (χ1n) is 9.75. The highest BCUT2D eigenvalue weighted by atomic mass is 32.2. The van der Waals surface area contributed by atoms with Crippen LogP contribution in [0.2, 0.25) is 0 Å². The van der Waals surface area contributed by atoms with Crippen LogP contribution in [-0.2, 0) is 10.0 Å². The molecule has 3 aromatic rings. The summed E-state index contributed by atoms with van der Waals surface area (Å²) in [6.45, 7) is 2.17. The highest BCUT2D eigenvalue weighted by molar-refractivity contribution is 7.99. The van der Waals surface area contributed by atoms with E-state index in [0.717, 1.165) is 9.79 Å². The Morgan fingerprint density at radius 1 is 1.00 bits per heavy atom. The van der Waals surface area contributed by atoms with Gasteiger partial charge in [-0.3, -0.25) is 4.79 Å². The van der Waals surface area contributed by atoms with E-state index in [0.29, 0.717) is 18.7 Å². The van der Waals surface area contributed by atoms with Gasteiger partial charge in [-0.15, -0.1) is 0 Å². The van der Waals surface area contributed by atoms with Gasteiger partial charge in [-0.05, 0) is 48.9 Å². The Labute approximate surface area is 187 Å². The summed E-state index contributed by atoms with van der Waals surface area (Å²) in [4.78, 5) is 14.8. The predicted octanol–water partition coefficient (Wildman–Crippen LogP) is 4.79. The normalized spacial score (nSPS) is 11.2. The van der Waals surface area contributed by atoms with Gasteiger partial charge in [0.1, 0.15) is 10.6 Å². The molecule has 0 aliphatic rings. The van der Waals surface area contributed by atoms with E-state index in [2.05, 4.69) is 10.0 Å². The summed E-state index contributed by atoms with van der Waals surface area (Å²) >= 11 is 1.53. The summed E-state index contributed by atoms with van der Waals surface area (Å²) in [5.74, 6) is -0.226. The molecular formula is C23H24N2O4S2. The van der Waals surface area contributed by atoms with E-state index in [1.807, 2.05) is 61.5 Å². The fourth-order valence-electron chi connectivity index (χ4n) is 2.81. The fourth-order valence-corrected chi connectivity index (χ4v) is 5.06. The topological polar surface area (TPSA) is 84.5 Å². The number of methoxy groups -OCH3 is 1. The van der Waals surface area contributed by atoms with Gasteiger partial charge < -0.3 is 10.1 Å². The predicted molar refractivity (Wildman–Crippen MR) is 123 cm³/mol. The van der Waals surface area contributed by atoms with Crippen molar-refractivity contribution in [3.05, 3.63) is 78.4 Å². The van der Waals surface area contributed by atoms with E-state index in [1.165, 1.54) is 31.0 Å². The summed E-state index contributed by atoms with van der Waals surface area (Å²) in [7, 11) is -2.41. The Bertz CT molecular complexity index is 1150. The number of sulfonamides is 1. The lowest BCUT2D eigenvalue weighted by Gasteiger charge is -2.14. The largest absolute Gasteiger partial charge is 0.495 e. The minimum absolute atomic E-state index is 0.0666. The van der Waals surface area contributed by atoms with Crippen LogP contribution in [0.25, 0.3) is 0 Å². The van der Waals surface area contributed by atoms with Crippen molar-refractivity contribution in [2.75, 3.05) is 19.0 Å². The number of hydrogen-bond acceptors (Lipinski definition) is 5. The number of ether oxygens (including phenoxy) is 1. The summed E-state index contributed by atoms with van der Waals surface area (Å²) in [5.41, 5.74) is 0.864. The molecule has 0 atom stereocenters. The number of rotatable bonds is 9. The Morgan fingerprint density at radius 2 is 1.71 bits per heavy atom. The molecule has 0 radical (unpaired) electrons. The van der Waals surface area contributed by atoms with Crippen LogP contribution < -0.4 is 14.8 Å². The van der Waals surface area contributed by atoms with Gasteiger partial charge >= 0.3 is 0 Å². The van der Waals surface area contributed by atoms with Crippen LogP contribution in [0.5, 0.6) is 5.75 Å². The second kappa shape index (κ2) is 10.5. The first-order valence-corrected chi connectivity index (χ1v) is 12.1. The number of carbonyl (C=O) groups is 1. The SMILES string of the molecule is CCCNS(=O)(=O)c1cc(C(=O)Nc2ccccc2Sc2ccccc2)ccc1OC. The minimum atomic E-state index is -3.80. The van der Waals surface area contributed by atoms with Crippen LogP contribution in [0.4, 0.5) is 5.69 Å². The zero-order chi connectivity index (χ0) is 22.3.